The third kappa shape index (κ3) is 3.75. The van der Waals surface area contributed by atoms with E-state index in [1.165, 1.54) is 17.4 Å². The Balaban J connectivity index is 1.66. The van der Waals surface area contributed by atoms with E-state index in [4.69, 9.17) is 11.6 Å². The van der Waals surface area contributed by atoms with Crippen molar-refractivity contribution >= 4 is 61.6 Å². The molecule has 0 unspecified atom stereocenters. The van der Waals surface area contributed by atoms with E-state index in [2.05, 4.69) is 4.72 Å². The number of hydrogen-bond donors (Lipinski definition) is 1. The number of nitrogens with zero attached hydrogens (tertiary/aromatic N) is 1. The minimum absolute atomic E-state index is 0.0593. The van der Waals surface area contributed by atoms with Crippen LogP contribution in [0.3, 0.4) is 0 Å². The molecule has 1 amide bonds. The van der Waals surface area contributed by atoms with Crippen LogP contribution in [0, 0.1) is 0 Å². The number of aryl methyl sites for hydroxylation is 1. The minimum Gasteiger partial charge on any atom is -0.307 e. The molecular formula is C18H15ClN2O3S3. The van der Waals surface area contributed by atoms with Crippen LogP contribution in [0.5, 0.6) is 0 Å². The summed E-state index contributed by atoms with van der Waals surface area (Å²) >= 11 is 8.25. The third-order valence-electron chi connectivity index (χ3n) is 4.25. The Morgan fingerprint density at radius 1 is 1.19 bits per heavy atom. The van der Waals surface area contributed by atoms with Crippen molar-refractivity contribution in [3.8, 4) is 0 Å². The van der Waals surface area contributed by atoms with Gasteiger partial charge in [-0.05, 0) is 54.1 Å². The van der Waals surface area contributed by atoms with Crippen LogP contribution in [-0.4, -0.2) is 20.9 Å². The van der Waals surface area contributed by atoms with Gasteiger partial charge < -0.3 is 4.90 Å². The van der Waals surface area contributed by atoms with E-state index in [1.807, 2.05) is 17.5 Å². The predicted octanol–water partition coefficient (Wildman–Crippen LogP) is 4.86. The number of halogens is 1. The van der Waals surface area contributed by atoms with E-state index in [-0.39, 0.29) is 10.1 Å². The SMILES string of the molecule is O=C(c1cccs1)N1CCCc2ccc(NS(=O)(=O)c3ccc(Cl)s3)cc21. The first kappa shape index (κ1) is 18.5. The number of carbonyl (C=O) groups excluding carboxylic acids is 1. The van der Waals surface area contributed by atoms with Gasteiger partial charge in [0, 0.05) is 12.2 Å². The number of fused-ring (bicyclic) bond motifs is 1. The molecule has 0 bridgehead atoms. The second-order valence-electron chi connectivity index (χ2n) is 6.05. The molecule has 0 aliphatic carbocycles. The zero-order valence-corrected chi connectivity index (χ0v) is 17.2. The fraction of sp³-hybridized carbons (Fsp3) is 0.167. The fourth-order valence-corrected chi connectivity index (χ4v) is 6.23. The fourth-order valence-electron chi connectivity index (χ4n) is 3.03. The molecule has 1 aliphatic rings. The molecule has 1 N–H and O–H groups in total. The summed E-state index contributed by atoms with van der Waals surface area (Å²) in [4.78, 5) is 15.2. The highest BCUT2D eigenvalue weighted by Gasteiger charge is 2.25. The highest BCUT2D eigenvalue weighted by Crippen LogP contribution is 2.33. The Bertz CT molecular complexity index is 1090. The molecule has 3 heterocycles. The van der Waals surface area contributed by atoms with Crippen LogP contribution in [0.1, 0.15) is 21.7 Å². The second kappa shape index (κ2) is 7.27. The van der Waals surface area contributed by atoms with Gasteiger partial charge in [-0.3, -0.25) is 9.52 Å². The van der Waals surface area contributed by atoms with Gasteiger partial charge in [0.1, 0.15) is 4.21 Å². The van der Waals surface area contributed by atoms with Crippen molar-refractivity contribution in [2.45, 2.75) is 17.1 Å². The standard InChI is InChI=1S/C18H15ClN2O3S3/c19-16-7-8-17(26-16)27(23,24)20-13-6-5-12-3-1-9-21(14(12)11-13)18(22)15-4-2-10-25-15/h2,4-8,10-11,20H,1,3,9H2. The van der Waals surface area contributed by atoms with E-state index in [9.17, 15) is 13.2 Å². The Hall–Kier alpha value is -1.87. The molecule has 140 valence electrons. The molecule has 5 nitrogen and oxygen atoms in total. The molecule has 1 aliphatic heterocycles. The number of anilines is 2. The molecule has 27 heavy (non-hydrogen) atoms. The predicted molar refractivity (Wildman–Crippen MR) is 111 cm³/mol. The number of benzene rings is 1. The molecule has 0 saturated carbocycles. The Morgan fingerprint density at radius 2 is 2.04 bits per heavy atom. The highest BCUT2D eigenvalue weighted by molar-refractivity contribution is 7.94. The van der Waals surface area contributed by atoms with Gasteiger partial charge in [0.2, 0.25) is 0 Å². The monoisotopic (exact) mass is 438 g/mol. The van der Waals surface area contributed by atoms with Crippen LogP contribution >= 0.6 is 34.3 Å². The number of thiophene rings is 2. The van der Waals surface area contributed by atoms with Gasteiger partial charge in [0.05, 0.1) is 14.9 Å². The van der Waals surface area contributed by atoms with E-state index in [0.717, 1.165) is 35.4 Å². The maximum Gasteiger partial charge on any atom is 0.271 e. The molecule has 3 aromatic rings. The second-order valence-corrected chi connectivity index (χ2v) is 10.6. The van der Waals surface area contributed by atoms with Gasteiger partial charge in [-0.1, -0.05) is 23.7 Å². The lowest BCUT2D eigenvalue weighted by Gasteiger charge is -2.29. The van der Waals surface area contributed by atoms with Crippen molar-refractivity contribution < 1.29 is 13.2 Å². The lowest BCUT2D eigenvalue weighted by molar-refractivity contribution is 0.0989. The zero-order chi connectivity index (χ0) is 19.0. The smallest absolute Gasteiger partial charge is 0.271 e. The molecule has 9 heteroatoms. The van der Waals surface area contributed by atoms with Gasteiger partial charge in [0.25, 0.3) is 15.9 Å². The first-order valence-corrected chi connectivity index (χ1v) is 11.8. The van der Waals surface area contributed by atoms with Crippen LogP contribution in [0.25, 0.3) is 0 Å². The average Bonchev–Trinajstić information content (AvgIpc) is 3.32. The quantitative estimate of drug-likeness (QED) is 0.632. The third-order valence-corrected chi connectivity index (χ3v) is 8.21. The molecule has 0 radical (unpaired) electrons. The van der Waals surface area contributed by atoms with Crippen molar-refractivity contribution in [2.75, 3.05) is 16.2 Å². The van der Waals surface area contributed by atoms with Crippen molar-refractivity contribution in [3.63, 3.8) is 0 Å². The van der Waals surface area contributed by atoms with E-state index in [1.54, 1.807) is 29.2 Å². The number of nitrogens with one attached hydrogen (secondary N) is 1. The summed E-state index contributed by atoms with van der Waals surface area (Å²) in [6, 6.07) is 12.0. The minimum atomic E-state index is -3.72. The number of hydrogen-bond acceptors (Lipinski definition) is 5. The van der Waals surface area contributed by atoms with E-state index in [0.29, 0.717) is 21.4 Å². The molecule has 0 saturated heterocycles. The summed E-state index contributed by atoms with van der Waals surface area (Å²) in [6.07, 6.45) is 1.74. The summed E-state index contributed by atoms with van der Waals surface area (Å²) in [5.41, 5.74) is 2.21. The normalized spacial score (nSPS) is 14.0. The molecule has 0 spiro atoms. The Kier molecular flexibility index (Phi) is 4.98. The highest BCUT2D eigenvalue weighted by atomic mass is 35.5. The maximum absolute atomic E-state index is 12.8. The summed E-state index contributed by atoms with van der Waals surface area (Å²) in [6.45, 7) is 0.612. The maximum atomic E-state index is 12.8. The van der Waals surface area contributed by atoms with Crippen LogP contribution in [0.15, 0.2) is 52.1 Å². The van der Waals surface area contributed by atoms with Gasteiger partial charge in [-0.15, -0.1) is 22.7 Å². The van der Waals surface area contributed by atoms with E-state index >= 15 is 0 Å². The first-order chi connectivity index (χ1) is 12.9. The van der Waals surface area contributed by atoms with Crippen LogP contribution < -0.4 is 9.62 Å². The van der Waals surface area contributed by atoms with Crippen molar-refractivity contribution in [1.29, 1.82) is 0 Å². The van der Waals surface area contributed by atoms with Crippen molar-refractivity contribution in [1.82, 2.24) is 0 Å². The lowest BCUT2D eigenvalue weighted by Crippen LogP contribution is -2.35. The summed E-state index contributed by atoms with van der Waals surface area (Å²) < 4.78 is 28.2. The topological polar surface area (TPSA) is 66.5 Å². The van der Waals surface area contributed by atoms with Gasteiger partial charge >= 0.3 is 0 Å². The largest absolute Gasteiger partial charge is 0.307 e. The molecule has 4 rings (SSSR count). The van der Waals surface area contributed by atoms with Gasteiger partial charge in [0.15, 0.2) is 0 Å². The summed E-state index contributed by atoms with van der Waals surface area (Å²) in [7, 11) is -3.72. The van der Waals surface area contributed by atoms with Crippen LogP contribution in [0.4, 0.5) is 11.4 Å². The number of sulfonamides is 1. The van der Waals surface area contributed by atoms with E-state index < -0.39 is 10.0 Å². The zero-order valence-electron chi connectivity index (χ0n) is 14.0. The number of amides is 1. The molecule has 1 aromatic carbocycles. The summed E-state index contributed by atoms with van der Waals surface area (Å²) in [5.74, 6) is -0.0593. The number of rotatable bonds is 4. The van der Waals surface area contributed by atoms with Gasteiger partial charge in [-0.2, -0.15) is 0 Å². The first-order valence-electron chi connectivity index (χ1n) is 8.20. The Labute approximate surface area is 170 Å². The van der Waals surface area contributed by atoms with Gasteiger partial charge in [-0.25, -0.2) is 8.42 Å². The summed E-state index contributed by atoms with van der Waals surface area (Å²) in [5, 5.41) is 1.87. The lowest BCUT2D eigenvalue weighted by atomic mass is 10.0. The molecule has 0 fully saturated rings. The average molecular weight is 439 g/mol. The van der Waals surface area contributed by atoms with Crippen LogP contribution in [-0.2, 0) is 16.4 Å². The van der Waals surface area contributed by atoms with Crippen molar-refractivity contribution in [3.05, 3.63) is 62.6 Å². The van der Waals surface area contributed by atoms with Crippen LogP contribution in [0.2, 0.25) is 4.34 Å². The number of carbonyl (C=O) groups is 1. The molecule has 2 aromatic heterocycles. The molecular weight excluding hydrogens is 424 g/mol. The Morgan fingerprint density at radius 3 is 2.74 bits per heavy atom. The molecule has 0 atom stereocenters. The van der Waals surface area contributed by atoms with Crippen molar-refractivity contribution in [2.24, 2.45) is 0 Å².